The van der Waals surface area contributed by atoms with Crippen molar-refractivity contribution in [2.45, 2.75) is 26.2 Å². The Morgan fingerprint density at radius 2 is 2.00 bits per heavy atom. The van der Waals surface area contributed by atoms with Gasteiger partial charge in [0.15, 0.2) is 0 Å². The van der Waals surface area contributed by atoms with Crippen molar-refractivity contribution in [2.75, 3.05) is 27.2 Å². The molecule has 0 saturated carbocycles. The molecule has 1 heterocycles. The van der Waals surface area contributed by atoms with Crippen LogP contribution in [0.2, 0.25) is 0 Å². The van der Waals surface area contributed by atoms with Gasteiger partial charge < -0.3 is 9.64 Å². The average molecular weight is 233 g/mol. The fourth-order valence-electron chi connectivity index (χ4n) is 2.59. The normalized spacial score (nSPS) is 18.3. The maximum Gasteiger partial charge on any atom is 0.122 e. The second kappa shape index (κ2) is 5.54. The van der Waals surface area contributed by atoms with Crippen LogP contribution < -0.4 is 4.74 Å². The number of aryl methyl sites for hydroxylation is 1. The summed E-state index contributed by atoms with van der Waals surface area (Å²) in [7, 11) is 3.97. The van der Waals surface area contributed by atoms with Gasteiger partial charge in [-0.1, -0.05) is 12.1 Å². The average Bonchev–Trinajstić information content (AvgIpc) is 2.34. The lowest BCUT2D eigenvalue weighted by Crippen LogP contribution is -2.30. The van der Waals surface area contributed by atoms with E-state index in [0.29, 0.717) is 0 Å². The monoisotopic (exact) mass is 233 g/mol. The molecule has 1 aromatic rings. The number of piperidine rings is 1. The maximum absolute atomic E-state index is 5.38. The molecule has 2 nitrogen and oxygen atoms in total. The molecule has 0 aromatic heterocycles. The molecule has 0 unspecified atom stereocenters. The van der Waals surface area contributed by atoms with Crippen molar-refractivity contribution in [3.8, 4) is 5.75 Å². The molecule has 1 fully saturated rings. The fourth-order valence-corrected chi connectivity index (χ4v) is 2.59. The molecule has 0 N–H and O–H groups in total. The van der Waals surface area contributed by atoms with Crippen molar-refractivity contribution in [3.05, 3.63) is 29.3 Å². The Labute approximate surface area is 105 Å². The molecule has 0 atom stereocenters. The van der Waals surface area contributed by atoms with Crippen LogP contribution in [0.25, 0.3) is 0 Å². The molecule has 0 spiro atoms. The Balaban J connectivity index is 1.99. The van der Waals surface area contributed by atoms with Crippen LogP contribution in [-0.4, -0.2) is 32.1 Å². The molecular weight excluding hydrogens is 210 g/mol. The van der Waals surface area contributed by atoms with Crippen molar-refractivity contribution in [2.24, 2.45) is 5.92 Å². The minimum atomic E-state index is 0.846. The lowest BCUT2D eigenvalue weighted by molar-refractivity contribution is 0.219. The zero-order valence-electron chi connectivity index (χ0n) is 11.2. The number of methoxy groups -OCH3 is 1. The Hall–Kier alpha value is -1.02. The van der Waals surface area contributed by atoms with E-state index in [2.05, 4.69) is 37.1 Å². The van der Waals surface area contributed by atoms with Crippen molar-refractivity contribution in [3.63, 3.8) is 0 Å². The van der Waals surface area contributed by atoms with Gasteiger partial charge in [-0.2, -0.15) is 0 Å². The van der Waals surface area contributed by atoms with Crippen LogP contribution in [0.3, 0.4) is 0 Å². The van der Waals surface area contributed by atoms with Crippen molar-refractivity contribution in [1.82, 2.24) is 4.90 Å². The van der Waals surface area contributed by atoms with Crippen LogP contribution >= 0.6 is 0 Å². The summed E-state index contributed by atoms with van der Waals surface area (Å²) < 4.78 is 5.38. The highest BCUT2D eigenvalue weighted by atomic mass is 16.5. The first kappa shape index (κ1) is 12.4. The molecule has 17 heavy (non-hydrogen) atoms. The van der Waals surface area contributed by atoms with E-state index < -0.39 is 0 Å². The Kier molecular flexibility index (Phi) is 4.06. The zero-order valence-corrected chi connectivity index (χ0v) is 11.2. The van der Waals surface area contributed by atoms with E-state index >= 15 is 0 Å². The number of nitrogens with zero attached hydrogens (tertiary/aromatic N) is 1. The second-order valence-corrected chi connectivity index (χ2v) is 5.25. The number of rotatable bonds is 3. The predicted molar refractivity (Wildman–Crippen MR) is 71.7 cm³/mol. The second-order valence-electron chi connectivity index (χ2n) is 5.25. The quantitative estimate of drug-likeness (QED) is 0.796. The van der Waals surface area contributed by atoms with Gasteiger partial charge in [0.2, 0.25) is 0 Å². The summed E-state index contributed by atoms with van der Waals surface area (Å²) in [6, 6.07) is 6.62. The minimum Gasteiger partial charge on any atom is -0.496 e. The Morgan fingerprint density at radius 3 is 2.65 bits per heavy atom. The van der Waals surface area contributed by atoms with E-state index in [1.807, 2.05) is 0 Å². The van der Waals surface area contributed by atoms with Gasteiger partial charge in [-0.15, -0.1) is 0 Å². The topological polar surface area (TPSA) is 12.5 Å². The standard InChI is InChI=1S/C15H23NO/c1-12-4-5-14(11-15(12)17-3)10-13-6-8-16(2)9-7-13/h4-5,11,13H,6-10H2,1-3H3. The Bertz CT molecular complexity index is 367. The molecular formula is C15H23NO. The number of hydrogen-bond acceptors (Lipinski definition) is 2. The van der Waals surface area contributed by atoms with Crippen LogP contribution in [0.5, 0.6) is 5.75 Å². The molecule has 0 aliphatic carbocycles. The Morgan fingerprint density at radius 1 is 1.29 bits per heavy atom. The minimum absolute atomic E-state index is 0.846. The van der Waals surface area contributed by atoms with Gasteiger partial charge in [-0.05, 0) is 69.4 Å². The molecule has 2 heteroatoms. The highest BCUT2D eigenvalue weighted by Gasteiger charge is 2.17. The molecule has 0 bridgehead atoms. The van der Waals surface area contributed by atoms with Crippen LogP contribution in [0.4, 0.5) is 0 Å². The van der Waals surface area contributed by atoms with Gasteiger partial charge >= 0.3 is 0 Å². The molecule has 2 rings (SSSR count). The molecule has 0 amide bonds. The lowest BCUT2D eigenvalue weighted by atomic mass is 9.90. The van der Waals surface area contributed by atoms with Gasteiger partial charge in [0.25, 0.3) is 0 Å². The first-order valence-corrected chi connectivity index (χ1v) is 6.51. The first-order chi connectivity index (χ1) is 8.19. The van der Waals surface area contributed by atoms with Gasteiger partial charge in [0.1, 0.15) is 5.75 Å². The van der Waals surface area contributed by atoms with Gasteiger partial charge in [0, 0.05) is 0 Å². The number of ether oxygens (including phenoxy) is 1. The third-order valence-corrected chi connectivity index (χ3v) is 3.83. The van der Waals surface area contributed by atoms with Gasteiger partial charge in [0.05, 0.1) is 7.11 Å². The summed E-state index contributed by atoms with van der Waals surface area (Å²) in [6.07, 6.45) is 3.85. The smallest absolute Gasteiger partial charge is 0.122 e. The van der Waals surface area contributed by atoms with Gasteiger partial charge in [-0.3, -0.25) is 0 Å². The SMILES string of the molecule is COc1cc(CC2CCN(C)CC2)ccc1C. The van der Waals surface area contributed by atoms with E-state index in [-0.39, 0.29) is 0 Å². The van der Waals surface area contributed by atoms with Crippen molar-refractivity contribution < 1.29 is 4.74 Å². The summed E-state index contributed by atoms with van der Waals surface area (Å²) in [5, 5.41) is 0. The summed E-state index contributed by atoms with van der Waals surface area (Å²) in [5.74, 6) is 1.87. The first-order valence-electron chi connectivity index (χ1n) is 6.51. The summed E-state index contributed by atoms with van der Waals surface area (Å²) in [4.78, 5) is 2.42. The molecule has 1 saturated heterocycles. The third kappa shape index (κ3) is 3.22. The molecule has 1 aliphatic rings. The van der Waals surface area contributed by atoms with E-state index in [1.54, 1.807) is 7.11 Å². The lowest BCUT2D eigenvalue weighted by Gasteiger charge is -2.29. The predicted octanol–water partition coefficient (Wildman–Crippen LogP) is 2.89. The zero-order chi connectivity index (χ0) is 12.3. The van der Waals surface area contributed by atoms with Crippen LogP contribution in [0.1, 0.15) is 24.0 Å². The number of hydrogen-bond donors (Lipinski definition) is 0. The largest absolute Gasteiger partial charge is 0.496 e. The summed E-state index contributed by atoms with van der Waals surface area (Å²) in [6.45, 7) is 4.58. The van der Waals surface area contributed by atoms with E-state index in [4.69, 9.17) is 4.74 Å². The van der Waals surface area contributed by atoms with Crippen LogP contribution in [-0.2, 0) is 6.42 Å². The van der Waals surface area contributed by atoms with E-state index in [1.165, 1.54) is 43.5 Å². The van der Waals surface area contributed by atoms with E-state index in [9.17, 15) is 0 Å². The summed E-state index contributed by atoms with van der Waals surface area (Å²) >= 11 is 0. The van der Waals surface area contributed by atoms with E-state index in [0.717, 1.165) is 11.7 Å². The van der Waals surface area contributed by atoms with Crippen LogP contribution in [0.15, 0.2) is 18.2 Å². The molecule has 1 aromatic carbocycles. The highest BCUT2D eigenvalue weighted by Crippen LogP contribution is 2.24. The fraction of sp³-hybridized carbons (Fsp3) is 0.600. The summed E-state index contributed by atoms with van der Waals surface area (Å²) in [5.41, 5.74) is 2.64. The molecule has 1 aliphatic heterocycles. The van der Waals surface area contributed by atoms with Crippen molar-refractivity contribution in [1.29, 1.82) is 0 Å². The highest BCUT2D eigenvalue weighted by molar-refractivity contribution is 5.36. The van der Waals surface area contributed by atoms with Crippen molar-refractivity contribution >= 4 is 0 Å². The number of likely N-dealkylation sites (tertiary alicyclic amines) is 1. The van der Waals surface area contributed by atoms with Gasteiger partial charge in [-0.25, -0.2) is 0 Å². The molecule has 0 radical (unpaired) electrons. The molecule has 94 valence electrons. The number of benzene rings is 1. The van der Waals surface area contributed by atoms with Crippen LogP contribution in [0, 0.1) is 12.8 Å². The third-order valence-electron chi connectivity index (χ3n) is 3.83. The maximum atomic E-state index is 5.38.